The second-order valence-corrected chi connectivity index (χ2v) is 5.24. The Morgan fingerprint density at radius 3 is 2.43 bits per heavy atom. The summed E-state index contributed by atoms with van der Waals surface area (Å²) in [5.41, 5.74) is 2.26. The molecule has 0 bridgehead atoms. The Labute approximate surface area is 124 Å². The maximum atomic E-state index is 11.6. The maximum absolute atomic E-state index is 11.6. The highest BCUT2D eigenvalue weighted by atomic mass is 16.5. The predicted molar refractivity (Wildman–Crippen MR) is 79.3 cm³/mol. The van der Waals surface area contributed by atoms with Gasteiger partial charge in [-0.1, -0.05) is 19.9 Å². The normalized spacial score (nSPS) is 11.9. The molecule has 0 aromatic heterocycles. The van der Waals surface area contributed by atoms with Gasteiger partial charge < -0.3 is 20.5 Å². The van der Waals surface area contributed by atoms with Gasteiger partial charge in [-0.3, -0.25) is 0 Å². The minimum Gasteiger partial charge on any atom is -0.480 e. The molecule has 0 aliphatic carbocycles. The van der Waals surface area contributed by atoms with Crippen molar-refractivity contribution >= 4 is 12.0 Å². The first kappa shape index (κ1) is 16.8. The second kappa shape index (κ2) is 7.52. The number of urea groups is 1. The van der Waals surface area contributed by atoms with Crippen LogP contribution in [0.2, 0.25) is 0 Å². The van der Waals surface area contributed by atoms with Crippen LogP contribution in [0.4, 0.5) is 4.79 Å². The molecule has 1 aromatic carbocycles. The van der Waals surface area contributed by atoms with Crippen LogP contribution in [0.5, 0.6) is 5.75 Å². The van der Waals surface area contributed by atoms with Gasteiger partial charge in [-0.05, 0) is 43.0 Å². The fourth-order valence-electron chi connectivity index (χ4n) is 1.69. The molecule has 0 fully saturated rings. The molecule has 0 spiro atoms. The molecule has 0 saturated carbocycles. The SMILES string of the molecule is Cc1ccc(OCNC(=O)NC(C(=O)O)C(C)C)cc1C. The van der Waals surface area contributed by atoms with Crippen molar-refractivity contribution in [2.75, 3.05) is 6.73 Å². The van der Waals surface area contributed by atoms with E-state index in [0.29, 0.717) is 5.75 Å². The highest BCUT2D eigenvalue weighted by Gasteiger charge is 2.23. The van der Waals surface area contributed by atoms with Crippen LogP contribution in [-0.2, 0) is 4.79 Å². The second-order valence-electron chi connectivity index (χ2n) is 5.24. The number of amides is 2. The lowest BCUT2D eigenvalue weighted by molar-refractivity contribution is -0.140. The van der Waals surface area contributed by atoms with Crippen molar-refractivity contribution in [3.63, 3.8) is 0 Å². The number of ether oxygens (including phenoxy) is 1. The summed E-state index contributed by atoms with van der Waals surface area (Å²) in [6.45, 7) is 7.40. The van der Waals surface area contributed by atoms with Crippen LogP contribution in [0.3, 0.4) is 0 Å². The van der Waals surface area contributed by atoms with Crippen LogP contribution >= 0.6 is 0 Å². The minimum atomic E-state index is -1.06. The first-order chi connectivity index (χ1) is 9.81. The monoisotopic (exact) mass is 294 g/mol. The van der Waals surface area contributed by atoms with Gasteiger partial charge in [-0.2, -0.15) is 0 Å². The topological polar surface area (TPSA) is 87.7 Å². The van der Waals surface area contributed by atoms with Crippen LogP contribution in [0.1, 0.15) is 25.0 Å². The minimum absolute atomic E-state index is 0.0290. The van der Waals surface area contributed by atoms with Crippen molar-refractivity contribution in [3.8, 4) is 5.75 Å². The van der Waals surface area contributed by atoms with Crippen LogP contribution in [0, 0.1) is 19.8 Å². The van der Waals surface area contributed by atoms with Gasteiger partial charge >= 0.3 is 12.0 Å². The Hall–Kier alpha value is -2.24. The van der Waals surface area contributed by atoms with Gasteiger partial charge in [0.1, 0.15) is 11.8 Å². The van der Waals surface area contributed by atoms with E-state index in [1.807, 2.05) is 32.0 Å². The lowest BCUT2D eigenvalue weighted by Crippen LogP contribution is -2.49. The van der Waals surface area contributed by atoms with E-state index in [0.717, 1.165) is 11.1 Å². The summed E-state index contributed by atoms with van der Waals surface area (Å²) in [4.78, 5) is 22.6. The third-order valence-electron chi connectivity index (χ3n) is 3.17. The average molecular weight is 294 g/mol. The zero-order valence-corrected chi connectivity index (χ0v) is 12.8. The summed E-state index contributed by atoms with van der Waals surface area (Å²) in [5.74, 6) is -0.610. The number of carbonyl (C=O) groups is 2. The number of rotatable bonds is 6. The summed E-state index contributed by atoms with van der Waals surface area (Å²) >= 11 is 0. The fraction of sp³-hybridized carbons (Fsp3) is 0.467. The van der Waals surface area contributed by atoms with Crippen molar-refractivity contribution in [2.24, 2.45) is 5.92 Å². The van der Waals surface area contributed by atoms with Crippen LogP contribution < -0.4 is 15.4 Å². The van der Waals surface area contributed by atoms with Gasteiger partial charge in [0, 0.05) is 0 Å². The number of hydrogen-bond acceptors (Lipinski definition) is 3. The van der Waals surface area contributed by atoms with Gasteiger partial charge in [0.25, 0.3) is 0 Å². The number of benzene rings is 1. The molecular weight excluding hydrogens is 272 g/mol. The maximum Gasteiger partial charge on any atom is 0.326 e. The molecule has 6 nitrogen and oxygen atoms in total. The third kappa shape index (κ3) is 5.33. The number of aryl methyl sites for hydroxylation is 2. The summed E-state index contributed by atoms with van der Waals surface area (Å²) in [7, 11) is 0. The third-order valence-corrected chi connectivity index (χ3v) is 3.17. The van der Waals surface area contributed by atoms with E-state index in [2.05, 4.69) is 10.6 Å². The Balaban J connectivity index is 2.42. The molecule has 1 unspecified atom stereocenters. The van der Waals surface area contributed by atoms with Crippen molar-refractivity contribution in [3.05, 3.63) is 29.3 Å². The van der Waals surface area contributed by atoms with Crippen LogP contribution in [-0.4, -0.2) is 29.9 Å². The lowest BCUT2D eigenvalue weighted by Gasteiger charge is -2.18. The molecule has 1 atom stereocenters. The highest BCUT2D eigenvalue weighted by molar-refractivity contribution is 5.82. The van der Waals surface area contributed by atoms with Gasteiger partial charge in [0.2, 0.25) is 0 Å². The Morgan fingerprint density at radius 1 is 1.24 bits per heavy atom. The van der Waals surface area contributed by atoms with E-state index in [1.165, 1.54) is 0 Å². The van der Waals surface area contributed by atoms with Crippen molar-refractivity contribution in [1.82, 2.24) is 10.6 Å². The molecule has 0 saturated heterocycles. The predicted octanol–water partition coefficient (Wildman–Crippen LogP) is 2.05. The summed E-state index contributed by atoms with van der Waals surface area (Å²) in [6.07, 6.45) is 0. The molecule has 0 aliphatic rings. The van der Waals surface area contributed by atoms with E-state index in [1.54, 1.807) is 13.8 Å². The molecule has 0 aliphatic heterocycles. The number of carbonyl (C=O) groups excluding carboxylic acids is 1. The Kier molecular flexibility index (Phi) is 6.02. The quantitative estimate of drug-likeness (QED) is 0.701. The number of carboxylic acid groups (broad SMARTS) is 1. The van der Waals surface area contributed by atoms with E-state index in [-0.39, 0.29) is 12.6 Å². The molecule has 0 heterocycles. The summed E-state index contributed by atoms with van der Waals surface area (Å²) in [5, 5.41) is 13.8. The van der Waals surface area contributed by atoms with Gasteiger partial charge in [0.15, 0.2) is 6.73 Å². The molecule has 1 aromatic rings. The van der Waals surface area contributed by atoms with Crippen LogP contribution in [0.25, 0.3) is 0 Å². The smallest absolute Gasteiger partial charge is 0.326 e. The van der Waals surface area contributed by atoms with Gasteiger partial charge in [0.05, 0.1) is 0 Å². The molecule has 0 radical (unpaired) electrons. The highest BCUT2D eigenvalue weighted by Crippen LogP contribution is 2.15. The lowest BCUT2D eigenvalue weighted by atomic mass is 10.1. The molecule has 1 rings (SSSR count). The Bertz CT molecular complexity index is 514. The molecule has 6 heteroatoms. The molecule has 116 valence electrons. The largest absolute Gasteiger partial charge is 0.480 e. The first-order valence-corrected chi connectivity index (χ1v) is 6.78. The number of carboxylic acids is 1. The van der Waals surface area contributed by atoms with Crippen molar-refractivity contribution in [2.45, 2.75) is 33.7 Å². The standard InChI is InChI=1S/C15H22N2O4/c1-9(2)13(14(18)19)17-15(20)16-8-21-12-6-5-10(3)11(4)7-12/h5-7,9,13H,8H2,1-4H3,(H,18,19)(H2,16,17,20). The fourth-order valence-corrected chi connectivity index (χ4v) is 1.69. The van der Waals surface area contributed by atoms with Crippen molar-refractivity contribution < 1.29 is 19.4 Å². The Morgan fingerprint density at radius 2 is 1.90 bits per heavy atom. The summed E-state index contributed by atoms with van der Waals surface area (Å²) < 4.78 is 5.40. The zero-order chi connectivity index (χ0) is 16.0. The van der Waals surface area contributed by atoms with E-state index < -0.39 is 18.0 Å². The van der Waals surface area contributed by atoms with Gasteiger partial charge in [-0.25, -0.2) is 9.59 Å². The first-order valence-electron chi connectivity index (χ1n) is 6.78. The number of aliphatic carboxylic acids is 1. The van der Waals surface area contributed by atoms with Gasteiger partial charge in [-0.15, -0.1) is 0 Å². The van der Waals surface area contributed by atoms with Crippen LogP contribution in [0.15, 0.2) is 18.2 Å². The number of nitrogens with one attached hydrogen (secondary N) is 2. The van der Waals surface area contributed by atoms with Crippen molar-refractivity contribution in [1.29, 1.82) is 0 Å². The zero-order valence-electron chi connectivity index (χ0n) is 12.8. The molecule has 3 N–H and O–H groups in total. The molecule has 2 amide bonds. The summed E-state index contributed by atoms with van der Waals surface area (Å²) in [6, 6.07) is 4.13. The van der Waals surface area contributed by atoms with E-state index in [9.17, 15) is 9.59 Å². The van der Waals surface area contributed by atoms with E-state index in [4.69, 9.17) is 9.84 Å². The molecular formula is C15H22N2O4. The average Bonchev–Trinajstić information content (AvgIpc) is 2.39. The van der Waals surface area contributed by atoms with E-state index >= 15 is 0 Å². The molecule has 21 heavy (non-hydrogen) atoms. The number of hydrogen-bond donors (Lipinski definition) is 3.